The molecule has 0 radical (unpaired) electrons. The molecular formula is C17H17FN2O3. The highest BCUT2D eigenvalue weighted by Crippen LogP contribution is 2.26. The molecule has 0 aromatic heterocycles. The molecule has 6 heteroatoms. The molecule has 2 N–H and O–H groups in total. The fourth-order valence-electron chi connectivity index (χ4n) is 2.12. The van der Waals surface area contributed by atoms with Crippen molar-refractivity contribution in [3.05, 3.63) is 59.4 Å². The van der Waals surface area contributed by atoms with E-state index in [4.69, 9.17) is 10.5 Å². The van der Waals surface area contributed by atoms with Crippen molar-refractivity contribution in [3.8, 4) is 5.75 Å². The highest BCUT2D eigenvalue weighted by atomic mass is 19.1. The number of primary amides is 1. The smallest absolute Gasteiger partial charge is 0.261 e. The highest BCUT2D eigenvalue weighted by molar-refractivity contribution is 6.07. The molecule has 0 fully saturated rings. The van der Waals surface area contributed by atoms with Crippen LogP contribution in [0.15, 0.2) is 42.5 Å². The van der Waals surface area contributed by atoms with Gasteiger partial charge in [-0.2, -0.15) is 0 Å². The van der Waals surface area contributed by atoms with Crippen LogP contribution in [0, 0.1) is 5.82 Å². The van der Waals surface area contributed by atoms with Gasteiger partial charge < -0.3 is 15.4 Å². The van der Waals surface area contributed by atoms with Crippen molar-refractivity contribution in [1.82, 2.24) is 0 Å². The number of rotatable bonds is 5. The van der Waals surface area contributed by atoms with E-state index in [1.807, 2.05) is 0 Å². The quantitative estimate of drug-likeness (QED) is 0.921. The van der Waals surface area contributed by atoms with Crippen molar-refractivity contribution in [2.24, 2.45) is 5.73 Å². The van der Waals surface area contributed by atoms with Crippen LogP contribution >= 0.6 is 0 Å². The summed E-state index contributed by atoms with van der Waals surface area (Å²) in [5.41, 5.74) is 6.21. The van der Waals surface area contributed by atoms with Gasteiger partial charge in [-0.05, 0) is 43.3 Å². The Balaban J connectivity index is 2.33. The summed E-state index contributed by atoms with van der Waals surface area (Å²) in [4.78, 5) is 25.0. The molecular weight excluding hydrogens is 299 g/mol. The van der Waals surface area contributed by atoms with E-state index in [2.05, 4.69) is 0 Å². The maximum absolute atomic E-state index is 13.9. The van der Waals surface area contributed by atoms with E-state index in [9.17, 15) is 14.0 Å². The first-order valence-corrected chi connectivity index (χ1v) is 7.05. The second-order valence-electron chi connectivity index (χ2n) is 4.82. The summed E-state index contributed by atoms with van der Waals surface area (Å²) in [7, 11) is 1.56. The molecule has 0 heterocycles. The lowest BCUT2D eigenvalue weighted by atomic mass is 10.1. The Bertz CT molecular complexity index is 729. The van der Waals surface area contributed by atoms with Crippen LogP contribution in [0.3, 0.4) is 0 Å². The van der Waals surface area contributed by atoms with Crippen molar-refractivity contribution >= 4 is 17.5 Å². The number of halogens is 1. The van der Waals surface area contributed by atoms with Crippen molar-refractivity contribution in [2.45, 2.75) is 6.92 Å². The Hall–Kier alpha value is -2.89. The number of para-hydroxylation sites is 1. The number of benzene rings is 2. The molecule has 2 aromatic rings. The first-order chi connectivity index (χ1) is 11.0. The number of nitrogens with two attached hydrogens (primary N) is 1. The molecule has 0 bridgehead atoms. The zero-order valence-corrected chi connectivity index (χ0v) is 12.9. The number of amides is 2. The Labute approximate surface area is 133 Å². The lowest BCUT2D eigenvalue weighted by molar-refractivity contribution is 0.0985. The van der Waals surface area contributed by atoms with Crippen molar-refractivity contribution in [1.29, 1.82) is 0 Å². The Morgan fingerprint density at radius 1 is 1.17 bits per heavy atom. The van der Waals surface area contributed by atoms with Gasteiger partial charge in [0.05, 0.1) is 12.2 Å². The van der Waals surface area contributed by atoms with Gasteiger partial charge in [0.25, 0.3) is 5.91 Å². The third-order valence-electron chi connectivity index (χ3n) is 3.33. The summed E-state index contributed by atoms with van der Waals surface area (Å²) in [5, 5.41) is 0. The number of nitrogens with zero attached hydrogens (tertiary/aromatic N) is 1. The number of hydrogen-bond acceptors (Lipinski definition) is 3. The molecule has 0 atom stereocenters. The molecule has 23 heavy (non-hydrogen) atoms. The maximum atomic E-state index is 13.9. The molecule has 2 amide bonds. The predicted molar refractivity (Wildman–Crippen MR) is 85.3 cm³/mol. The number of carbonyl (C=O) groups is 2. The van der Waals surface area contributed by atoms with E-state index in [1.165, 1.54) is 35.2 Å². The fourth-order valence-corrected chi connectivity index (χ4v) is 2.12. The molecule has 0 aliphatic rings. The first-order valence-electron chi connectivity index (χ1n) is 7.05. The van der Waals surface area contributed by atoms with Gasteiger partial charge in [0.1, 0.15) is 0 Å². The number of anilines is 1. The lowest BCUT2D eigenvalue weighted by Gasteiger charge is -2.19. The zero-order chi connectivity index (χ0) is 17.0. The van der Waals surface area contributed by atoms with E-state index in [0.29, 0.717) is 11.3 Å². The molecule has 0 saturated heterocycles. The first kappa shape index (κ1) is 16.5. The normalized spacial score (nSPS) is 10.2. The average molecular weight is 316 g/mol. The predicted octanol–water partition coefficient (Wildman–Crippen LogP) is 2.60. The van der Waals surface area contributed by atoms with Crippen molar-refractivity contribution in [3.63, 3.8) is 0 Å². The zero-order valence-electron chi connectivity index (χ0n) is 12.9. The Morgan fingerprint density at radius 2 is 1.83 bits per heavy atom. The monoisotopic (exact) mass is 316 g/mol. The van der Waals surface area contributed by atoms with Crippen LogP contribution in [0.4, 0.5) is 10.1 Å². The molecule has 0 aliphatic carbocycles. The molecule has 2 aromatic carbocycles. The minimum atomic E-state index is -0.588. The Kier molecular flexibility index (Phi) is 4.95. The lowest BCUT2D eigenvalue weighted by Crippen LogP contribution is -2.27. The van der Waals surface area contributed by atoms with Gasteiger partial charge in [0.2, 0.25) is 5.91 Å². The molecule has 0 spiro atoms. The van der Waals surface area contributed by atoms with E-state index in [0.717, 1.165) is 0 Å². The van der Waals surface area contributed by atoms with Crippen molar-refractivity contribution in [2.75, 3.05) is 18.6 Å². The van der Waals surface area contributed by atoms with Crippen LogP contribution < -0.4 is 15.4 Å². The fraction of sp³-hybridized carbons (Fsp3) is 0.176. The van der Waals surface area contributed by atoms with Gasteiger partial charge >= 0.3 is 0 Å². The van der Waals surface area contributed by atoms with Gasteiger partial charge in [-0.3, -0.25) is 9.59 Å². The summed E-state index contributed by atoms with van der Waals surface area (Å²) in [6, 6.07) is 10.4. The molecule has 2 rings (SSSR count). The second-order valence-corrected chi connectivity index (χ2v) is 4.82. The summed E-state index contributed by atoms with van der Waals surface area (Å²) in [6.45, 7) is 1.96. The standard InChI is InChI=1S/C17H17FN2O3/c1-3-23-15-13(5-4-6-14(15)18)17(22)20(2)12-9-7-11(8-10-12)16(19)21/h4-10H,3H2,1-2H3,(H2,19,21). The topological polar surface area (TPSA) is 72.6 Å². The van der Waals surface area contributed by atoms with Gasteiger partial charge in [0.15, 0.2) is 11.6 Å². The van der Waals surface area contributed by atoms with E-state index < -0.39 is 17.6 Å². The van der Waals surface area contributed by atoms with Crippen LogP contribution in [0.1, 0.15) is 27.6 Å². The number of ether oxygens (including phenoxy) is 1. The van der Waals surface area contributed by atoms with Gasteiger partial charge in [-0.25, -0.2) is 4.39 Å². The maximum Gasteiger partial charge on any atom is 0.261 e. The summed E-state index contributed by atoms with van der Waals surface area (Å²) in [6.07, 6.45) is 0. The second kappa shape index (κ2) is 6.91. The minimum Gasteiger partial charge on any atom is -0.490 e. The van der Waals surface area contributed by atoms with E-state index >= 15 is 0 Å². The summed E-state index contributed by atoms with van der Waals surface area (Å²) >= 11 is 0. The molecule has 5 nitrogen and oxygen atoms in total. The van der Waals surface area contributed by atoms with E-state index in [-0.39, 0.29) is 17.9 Å². The molecule has 120 valence electrons. The average Bonchev–Trinajstić information content (AvgIpc) is 2.55. The molecule has 0 unspecified atom stereocenters. The van der Waals surface area contributed by atoms with Crippen molar-refractivity contribution < 1.29 is 18.7 Å². The van der Waals surface area contributed by atoms with Crippen LogP contribution in [-0.4, -0.2) is 25.5 Å². The third-order valence-corrected chi connectivity index (χ3v) is 3.33. The van der Waals surface area contributed by atoms with E-state index in [1.54, 1.807) is 26.1 Å². The number of hydrogen-bond donors (Lipinski definition) is 1. The van der Waals surface area contributed by atoms with Gasteiger partial charge in [0, 0.05) is 18.3 Å². The third kappa shape index (κ3) is 3.48. The van der Waals surface area contributed by atoms with Crippen LogP contribution in [0.25, 0.3) is 0 Å². The summed E-state index contributed by atoms with van der Waals surface area (Å²) < 4.78 is 19.1. The highest BCUT2D eigenvalue weighted by Gasteiger charge is 2.20. The SMILES string of the molecule is CCOc1c(F)cccc1C(=O)N(C)c1ccc(C(N)=O)cc1. The Morgan fingerprint density at radius 3 is 2.39 bits per heavy atom. The largest absolute Gasteiger partial charge is 0.490 e. The van der Waals surface area contributed by atoms with Gasteiger partial charge in [-0.15, -0.1) is 0 Å². The molecule has 0 saturated carbocycles. The number of carbonyl (C=O) groups excluding carboxylic acids is 2. The summed E-state index contributed by atoms with van der Waals surface area (Å²) in [5.74, 6) is -1.62. The van der Waals surface area contributed by atoms with Crippen LogP contribution in [0.5, 0.6) is 5.75 Å². The minimum absolute atomic E-state index is 0.0689. The van der Waals surface area contributed by atoms with Gasteiger partial charge in [-0.1, -0.05) is 6.07 Å². The van der Waals surface area contributed by atoms with Crippen LogP contribution in [-0.2, 0) is 0 Å². The van der Waals surface area contributed by atoms with Crippen LogP contribution in [0.2, 0.25) is 0 Å². The molecule has 0 aliphatic heterocycles.